The number of carbonyl (C=O) groups is 2. The monoisotopic (exact) mass is 454 g/mol. The van der Waals surface area contributed by atoms with Crippen molar-refractivity contribution in [1.29, 1.82) is 0 Å². The van der Waals surface area contributed by atoms with E-state index in [9.17, 15) is 14.7 Å². The van der Waals surface area contributed by atoms with Gasteiger partial charge in [0.05, 0.1) is 21.8 Å². The van der Waals surface area contributed by atoms with Crippen molar-refractivity contribution in [3.8, 4) is 0 Å². The van der Waals surface area contributed by atoms with E-state index in [0.717, 1.165) is 33.3 Å². The second kappa shape index (κ2) is 8.30. The van der Waals surface area contributed by atoms with Crippen molar-refractivity contribution in [2.45, 2.75) is 26.3 Å². The molecule has 0 spiro atoms. The molecule has 5 rings (SSSR count). The summed E-state index contributed by atoms with van der Waals surface area (Å²) in [6, 6.07) is 21.8. The summed E-state index contributed by atoms with van der Waals surface area (Å²) < 4.78 is 0.940. The maximum Gasteiger partial charge on any atom is 0.301 e. The average molecular weight is 455 g/mol. The van der Waals surface area contributed by atoms with Crippen molar-refractivity contribution in [1.82, 2.24) is 4.98 Å². The number of amides is 1. The van der Waals surface area contributed by atoms with Gasteiger partial charge in [0.1, 0.15) is 5.76 Å². The largest absolute Gasteiger partial charge is 0.507 e. The molecule has 0 bridgehead atoms. The SMILES string of the molecule is CCc1ccc(C2/C(=C(\O)c3ccccc3)C(=O)C(=O)N2c2nc3ccc(C)cc3s2)cc1. The number of aliphatic hydroxyl groups excluding tert-OH is 1. The minimum Gasteiger partial charge on any atom is -0.507 e. The number of aliphatic hydroxyl groups is 1. The van der Waals surface area contributed by atoms with E-state index in [0.29, 0.717) is 10.7 Å². The Morgan fingerprint density at radius 1 is 1.03 bits per heavy atom. The molecule has 33 heavy (non-hydrogen) atoms. The van der Waals surface area contributed by atoms with Crippen LogP contribution in [0.2, 0.25) is 0 Å². The Balaban J connectivity index is 1.72. The zero-order valence-corrected chi connectivity index (χ0v) is 19.1. The van der Waals surface area contributed by atoms with Gasteiger partial charge in [-0.15, -0.1) is 0 Å². The molecule has 4 aromatic rings. The first kappa shape index (κ1) is 21.1. The van der Waals surface area contributed by atoms with Gasteiger partial charge >= 0.3 is 5.91 Å². The first-order chi connectivity index (χ1) is 16.0. The lowest BCUT2D eigenvalue weighted by molar-refractivity contribution is -0.132. The van der Waals surface area contributed by atoms with E-state index < -0.39 is 17.7 Å². The molecule has 3 aromatic carbocycles. The fourth-order valence-electron chi connectivity index (χ4n) is 4.16. The lowest BCUT2D eigenvalue weighted by Gasteiger charge is -2.23. The molecule has 0 aliphatic carbocycles. The summed E-state index contributed by atoms with van der Waals surface area (Å²) >= 11 is 1.37. The quantitative estimate of drug-likeness (QED) is 0.241. The third-order valence-corrected chi connectivity index (χ3v) is 6.95. The van der Waals surface area contributed by atoms with Crippen LogP contribution in [0.5, 0.6) is 0 Å². The summed E-state index contributed by atoms with van der Waals surface area (Å²) in [4.78, 5) is 32.6. The first-order valence-electron chi connectivity index (χ1n) is 10.8. The lowest BCUT2D eigenvalue weighted by atomic mass is 9.94. The van der Waals surface area contributed by atoms with Crippen LogP contribution in [-0.4, -0.2) is 21.8 Å². The van der Waals surface area contributed by atoms with Crippen molar-refractivity contribution in [2.24, 2.45) is 0 Å². The van der Waals surface area contributed by atoms with Crippen LogP contribution in [0.3, 0.4) is 0 Å². The number of hydrogen-bond donors (Lipinski definition) is 1. The van der Waals surface area contributed by atoms with Gasteiger partial charge in [-0.1, -0.05) is 78.9 Å². The average Bonchev–Trinajstić information content (AvgIpc) is 3.37. The van der Waals surface area contributed by atoms with Gasteiger partial charge in [0.25, 0.3) is 5.78 Å². The van der Waals surface area contributed by atoms with E-state index in [1.165, 1.54) is 16.2 Å². The van der Waals surface area contributed by atoms with E-state index in [4.69, 9.17) is 0 Å². The van der Waals surface area contributed by atoms with E-state index in [1.807, 2.05) is 55.5 Å². The number of anilines is 1. The van der Waals surface area contributed by atoms with Crippen LogP contribution in [0.1, 0.15) is 35.2 Å². The minimum absolute atomic E-state index is 0.0749. The number of benzene rings is 3. The predicted octanol–water partition coefficient (Wildman–Crippen LogP) is 5.79. The Bertz CT molecular complexity index is 1400. The normalized spacial score (nSPS) is 17.8. The number of ketones is 1. The Hall–Kier alpha value is -3.77. The van der Waals surface area contributed by atoms with Crippen LogP contribution in [0.4, 0.5) is 5.13 Å². The Kier molecular flexibility index (Phi) is 5.30. The van der Waals surface area contributed by atoms with Gasteiger partial charge < -0.3 is 5.11 Å². The van der Waals surface area contributed by atoms with Crippen LogP contribution < -0.4 is 4.90 Å². The number of aryl methyl sites for hydroxylation is 2. The van der Waals surface area contributed by atoms with Crippen molar-refractivity contribution in [3.63, 3.8) is 0 Å². The standard InChI is InChI=1S/C27H22N2O3S/c1-3-17-10-12-18(13-11-17)23-22(24(30)19-7-5-4-6-8-19)25(31)26(32)29(23)27-28-20-14-9-16(2)15-21(20)33-27/h4-15,23,30H,3H2,1-2H3/b24-22+. The highest BCUT2D eigenvalue weighted by atomic mass is 32.1. The number of hydrogen-bond acceptors (Lipinski definition) is 5. The van der Waals surface area contributed by atoms with Crippen molar-refractivity contribution in [2.75, 3.05) is 4.90 Å². The van der Waals surface area contributed by atoms with Gasteiger partial charge in [-0.3, -0.25) is 14.5 Å². The highest BCUT2D eigenvalue weighted by Crippen LogP contribution is 2.44. The van der Waals surface area contributed by atoms with E-state index in [-0.39, 0.29) is 11.3 Å². The Morgan fingerprint density at radius 2 is 1.76 bits per heavy atom. The molecule has 164 valence electrons. The number of Topliss-reactive ketones (excluding diaryl/α,β-unsaturated/α-hetero) is 1. The van der Waals surface area contributed by atoms with Crippen LogP contribution in [0.25, 0.3) is 16.0 Å². The number of nitrogens with zero attached hydrogens (tertiary/aromatic N) is 2. The lowest BCUT2D eigenvalue weighted by Crippen LogP contribution is -2.29. The summed E-state index contributed by atoms with van der Waals surface area (Å²) in [5.41, 5.74) is 4.33. The van der Waals surface area contributed by atoms with Gasteiger partial charge in [0.2, 0.25) is 0 Å². The Morgan fingerprint density at radius 3 is 2.45 bits per heavy atom. The molecule has 0 saturated carbocycles. The topological polar surface area (TPSA) is 70.5 Å². The molecule has 1 saturated heterocycles. The van der Waals surface area contributed by atoms with Gasteiger partial charge in [0.15, 0.2) is 5.13 Å². The molecule has 1 aliphatic rings. The molecule has 1 atom stereocenters. The van der Waals surface area contributed by atoms with Gasteiger partial charge in [-0.05, 0) is 42.2 Å². The van der Waals surface area contributed by atoms with Gasteiger partial charge in [-0.2, -0.15) is 0 Å². The molecule has 1 fully saturated rings. The summed E-state index contributed by atoms with van der Waals surface area (Å²) in [7, 11) is 0. The fraction of sp³-hybridized carbons (Fsp3) is 0.148. The van der Waals surface area contributed by atoms with E-state index >= 15 is 0 Å². The van der Waals surface area contributed by atoms with Gasteiger partial charge in [0, 0.05) is 5.56 Å². The summed E-state index contributed by atoms with van der Waals surface area (Å²) in [6.07, 6.45) is 0.877. The second-order valence-corrected chi connectivity index (χ2v) is 9.11. The number of thiazole rings is 1. The molecule has 5 nitrogen and oxygen atoms in total. The Labute approximate surface area is 195 Å². The van der Waals surface area contributed by atoms with Crippen molar-refractivity contribution >= 4 is 44.1 Å². The van der Waals surface area contributed by atoms with Crippen molar-refractivity contribution in [3.05, 3.63) is 101 Å². The maximum atomic E-state index is 13.3. The van der Waals surface area contributed by atoms with Crippen molar-refractivity contribution < 1.29 is 14.7 Å². The van der Waals surface area contributed by atoms with Crippen LogP contribution in [-0.2, 0) is 16.0 Å². The van der Waals surface area contributed by atoms with E-state index in [2.05, 4.69) is 11.9 Å². The van der Waals surface area contributed by atoms with Gasteiger partial charge in [-0.25, -0.2) is 4.98 Å². The highest BCUT2D eigenvalue weighted by molar-refractivity contribution is 7.22. The number of fused-ring (bicyclic) bond motifs is 1. The fourth-order valence-corrected chi connectivity index (χ4v) is 5.25. The number of carbonyl (C=O) groups excluding carboxylic acids is 2. The summed E-state index contributed by atoms with van der Waals surface area (Å²) in [5, 5.41) is 11.6. The molecule has 1 aliphatic heterocycles. The minimum atomic E-state index is -0.766. The van der Waals surface area contributed by atoms with E-state index in [1.54, 1.807) is 24.3 Å². The second-order valence-electron chi connectivity index (χ2n) is 8.10. The molecule has 1 aromatic heterocycles. The predicted molar refractivity (Wildman–Crippen MR) is 131 cm³/mol. The first-order valence-corrected chi connectivity index (χ1v) is 11.6. The van der Waals surface area contributed by atoms with Crippen LogP contribution in [0, 0.1) is 6.92 Å². The zero-order valence-electron chi connectivity index (χ0n) is 18.3. The molecule has 1 amide bonds. The molecular formula is C27H22N2O3S. The molecule has 2 heterocycles. The third-order valence-electron chi connectivity index (χ3n) is 5.93. The summed E-state index contributed by atoms with van der Waals surface area (Å²) in [5.74, 6) is -1.58. The van der Waals surface area contributed by atoms with Crippen LogP contribution >= 0.6 is 11.3 Å². The molecule has 1 N–H and O–H groups in total. The summed E-state index contributed by atoms with van der Waals surface area (Å²) in [6.45, 7) is 4.07. The zero-order chi connectivity index (χ0) is 23.1. The smallest absolute Gasteiger partial charge is 0.301 e. The third kappa shape index (κ3) is 3.62. The molecular weight excluding hydrogens is 432 g/mol. The highest BCUT2D eigenvalue weighted by Gasteiger charge is 2.48. The maximum absolute atomic E-state index is 13.3. The van der Waals surface area contributed by atoms with Crippen LogP contribution in [0.15, 0.2) is 78.4 Å². The molecule has 1 unspecified atom stereocenters. The number of aromatic nitrogens is 1. The molecule has 6 heteroatoms. The molecule has 0 radical (unpaired) electrons. The number of rotatable bonds is 4.